The Balaban J connectivity index is 2.63. The van der Waals surface area contributed by atoms with Gasteiger partial charge in [-0.3, -0.25) is 4.40 Å². The Hall–Kier alpha value is -0.830. The van der Waals surface area contributed by atoms with Gasteiger partial charge in [0.15, 0.2) is 4.96 Å². The number of aromatic nitrogens is 2. The van der Waals surface area contributed by atoms with Crippen LogP contribution in [0.15, 0.2) is 11.6 Å². The molecule has 2 aromatic rings. The van der Waals surface area contributed by atoms with E-state index in [0.717, 1.165) is 4.96 Å². The molecule has 2 rings (SSSR count). The molecule has 64 valence electrons. The number of aryl methyl sites for hydroxylation is 1. The predicted octanol–water partition coefficient (Wildman–Crippen LogP) is 2.83. The minimum Gasteiger partial charge on any atom is -0.295 e. The molecule has 0 bridgehead atoms. The summed E-state index contributed by atoms with van der Waals surface area (Å²) in [5.74, 6) is 0.525. The molecular weight excluding hydrogens is 168 g/mol. The van der Waals surface area contributed by atoms with Crippen LogP contribution in [-0.4, -0.2) is 9.38 Å². The minimum atomic E-state index is 0.525. The second-order valence-corrected chi connectivity index (χ2v) is 4.19. The standard InChI is InChI=1S/C9H12N2S/c1-6(2)8-4-11-7(3)5-12-9(11)10-8/h4-6H,1-3H3. The monoisotopic (exact) mass is 180 g/mol. The lowest BCUT2D eigenvalue weighted by Gasteiger charge is -1.95. The van der Waals surface area contributed by atoms with Crippen LogP contribution in [0.3, 0.4) is 0 Å². The normalized spacial score (nSPS) is 11.7. The molecule has 2 aromatic heterocycles. The van der Waals surface area contributed by atoms with Gasteiger partial charge in [0.25, 0.3) is 0 Å². The van der Waals surface area contributed by atoms with Crippen molar-refractivity contribution < 1.29 is 0 Å². The van der Waals surface area contributed by atoms with Gasteiger partial charge in [0.2, 0.25) is 0 Å². The molecule has 12 heavy (non-hydrogen) atoms. The molecule has 0 spiro atoms. The van der Waals surface area contributed by atoms with Crippen LogP contribution in [0.25, 0.3) is 4.96 Å². The molecule has 0 unspecified atom stereocenters. The fourth-order valence-corrected chi connectivity index (χ4v) is 2.05. The molecule has 0 aliphatic carbocycles. The van der Waals surface area contributed by atoms with Gasteiger partial charge in [0, 0.05) is 17.3 Å². The van der Waals surface area contributed by atoms with E-state index in [1.165, 1.54) is 11.4 Å². The number of fused-ring (bicyclic) bond motifs is 1. The molecule has 2 nitrogen and oxygen atoms in total. The smallest absolute Gasteiger partial charge is 0.194 e. The summed E-state index contributed by atoms with van der Waals surface area (Å²) in [5, 5.41) is 2.13. The van der Waals surface area contributed by atoms with Crippen LogP contribution in [0.1, 0.15) is 31.2 Å². The van der Waals surface area contributed by atoms with Crippen molar-refractivity contribution in [3.63, 3.8) is 0 Å². The fraction of sp³-hybridized carbons (Fsp3) is 0.444. The summed E-state index contributed by atoms with van der Waals surface area (Å²) in [4.78, 5) is 5.62. The van der Waals surface area contributed by atoms with Gasteiger partial charge in [-0.2, -0.15) is 0 Å². The van der Waals surface area contributed by atoms with E-state index in [2.05, 4.69) is 41.7 Å². The quantitative estimate of drug-likeness (QED) is 0.659. The maximum absolute atomic E-state index is 4.51. The molecule has 0 aliphatic heterocycles. The van der Waals surface area contributed by atoms with Crippen molar-refractivity contribution in [3.05, 3.63) is 23.0 Å². The summed E-state index contributed by atoms with van der Waals surface area (Å²) in [7, 11) is 0. The van der Waals surface area contributed by atoms with Gasteiger partial charge >= 0.3 is 0 Å². The first kappa shape index (κ1) is 7.80. The van der Waals surface area contributed by atoms with E-state index in [-0.39, 0.29) is 0 Å². The van der Waals surface area contributed by atoms with Gasteiger partial charge in [0.05, 0.1) is 5.69 Å². The van der Waals surface area contributed by atoms with Gasteiger partial charge in [-0.15, -0.1) is 11.3 Å². The second-order valence-electron chi connectivity index (χ2n) is 3.35. The van der Waals surface area contributed by atoms with E-state index in [1.54, 1.807) is 11.3 Å². The van der Waals surface area contributed by atoms with Gasteiger partial charge in [-0.1, -0.05) is 13.8 Å². The van der Waals surface area contributed by atoms with Crippen molar-refractivity contribution in [2.45, 2.75) is 26.7 Å². The highest BCUT2D eigenvalue weighted by atomic mass is 32.1. The van der Waals surface area contributed by atoms with Gasteiger partial charge < -0.3 is 0 Å². The maximum Gasteiger partial charge on any atom is 0.194 e. The van der Waals surface area contributed by atoms with Crippen LogP contribution in [0.4, 0.5) is 0 Å². The predicted molar refractivity (Wildman–Crippen MR) is 51.9 cm³/mol. The van der Waals surface area contributed by atoms with Gasteiger partial charge in [0.1, 0.15) is 0 Å². The molecular formula is C9H12N2S. The summed E-state index contributed by atoms with van der Waals surface area (Å²) in [6.07, 6.45) is 2.13. The Morgan fingerprint density at radius 1 is 1.50 bits per heavy atom. The van der Waals surface area contributed by atoms with Gasteiger partial charge in [-0.05, 0) is 12.8 Å². The van der Waals surface area contributed by atoms with Crippen molar-refractivity contribution in [1.82, 2.24) is 9.38 Å². The number of hydrogen-bond acceptors (Lipinski definition) is 2. The number of thiazole rings is 1. The second kappa shape index (κ2) is 2.59. The molecule has 2 heterocycles. The lowest BCUT2D eigenvalue weighted by Crippen LogP contribution is -1.85. The van der Waals surface area contributed by atoms with E-state index in [1.807, 2.05) is 0 Å². The molecule has 0 atom stereocenters. The third-order valence-corrected chi connectivity index (χ3v) is 2.96. The zero-order valence-electron chi connectivity index (χ0n) is 7.53. The Morgan fingerprint density at radius 2 is 2.25 bits per heavy atom. The summed E-state index contributed by atoms with van der Waals surface area (Å²) in [6.45, 7) is 6.44. The molecule has 0 aliphatic rings. The topological polar surface area (TPSA) is 17.3 Å². The number of hydrogen-bond donors (Lipinski definition) is 0. The first-order valence-corrected chi connectivity index (χ1v) is 4.99. The average molecular weight is 180 g/mol. The average Bonchev–Trinajstić information content (AvgIpc) is 2.53. The van der Waals surface area contributed by atoms with Crippen LogP contribution >= 0.6 is 11.3 Å². The van der Waals surface area contributed by atoms with E-state index in [9.17, 15) is 0 Å². The highest BCUT2D eigenvalue weighted by Gasteiger charge is 2.07. The zero-order chi connectivity index (χ0) is 8.72. The van der Waals surface area contributed by atoms with Gasteiger partial charge in [-0.25, -0.2) is 4.98 Å². The van der Waals surface area contributed by atoms with Crippen LogP contribution in [0.5, 0.6) is 0 Å². The van der Waals surface area contributed by atoms with Crippen molar-refractivity contribution in [2.75, 3.05) is 0 Å². The number of rotatable bonds is 1. The van der Waals surface area contributed by atoms with Crippen molar-refractivity contribution in [2.24, 2.45) is 0 Å². The Morgan fingerprint density at radius 3 is 2.83 bits per heavy atom. The number of imidazole rings is 1. The van der Waals surface area contributed by atoms with Crippen LogP contribution < -0.4 is 0 Å². The SMILES string of the molecule is Cc1csc2nc(C(C)C)cn12. The van der Waals surface area contributed by atoms with E-state index < -0.39 is 0 Å². The summed E-state index contributed by atoms with van der Waals surface area (Å²) >= 11 is 1.70. The lowest BCUT2D eigenvalue weighted by molar-refractivity contribution is 0.833. The highest BCUT2D eigenvalue weighted by Crippen LogP contribution is 2.19. The Bertz CT molecular complexity index is 397. The third-order valence-electron chi connectivity index (χ3n) is 2.00. The highest BCUT2D eigenvalue weighted by molar-refractivity contribution is 7.15. The first-order valence-electron chi connectivity index (χ1n) is 4.11. The van der Waals surface area contributed by atoms with Crippen LogP contribution in [0, 0.1) is 6.92 Å². The molecule has 0 amide bonds. The lowest BCUT2D eigenvalue weighted by atomic mass is 10.2. The molecule has 0 N–H and O–H groups in total. The van der Waals surface area contributed by atoms with E-state index in [4.69, 9.17) is 0 Å². The third kappa shape index (κ3) is 1.05. The van der Waals surface area contributed by atoms with Crippen molar-refractivity contribution >= 4 is 16.3 Å². The summed E-state index contributed by atoms with van der Waals surface area (Å²) < 4.78 is 2.15. The van der Waals surface area contributed by atoms with Crippen LogP contribution in [0.2, 0.25) is 0 Å². The molecule has 0 fully saturated rings. The number of nitrogens with zero attached hydrogens (tertiary/aromatic N) is 2. The molecule has 0 aromatic carbocycles. The summed E-state index contributed by atoms with van der Waals surface area (Å²) in [6, 6.07) is 0. The minimum absolute atomic E-state index is 0.525. The molecule has 0 saturated heterocycles. The molecule has 0 saturated carbocycles. The molecule has 3 heteroatoms. The fourth-order valence-electron chi connectivity index (χ4n) is 1.19. The van der Waals surface area contributed by atoms with Crippen molar-refractivity contribution in [3.8, 4) is 0 Å². The first-order chi connectivity index (χ1) is 5.68. The van der Waals surface area contributed by atoms with E-state index >= 15 is 0 Å². The molecule has 0 radical (unpaired) electrons. The maximum atomic E-state index is 4.51. The van der Waals surface area contributed by atoms with E-state index in [0.29, 0.717) is 5.92 Å². The van der Waals surface area contributed by atoms with Crippen LogP contribution in [-0.2, 0) is 0 Å². The zero-order valence-corrected chi connectivity index (χ0v) is 8.35. The Kier molecular flexibility index (Phi) is 1.68. The van der Waals surface area contributed by atoms with Crippen molar-refractivity contribution in [1.29, 1.82) is 0 Å². The Labute approximate surface area is 75.9 Å². The largest absolute Gasteiger partial charge is 0.295 e. The summed E-state index contributed by atoms with van der Waals surface area (Å²) in [5.41, 5.74) is 2.46.